The molecule has 0 radical (unpaired) electrons. The Hall–Kier alpha value is -3.35. The summed E-state index contributed by atoms with van der Waals surface area (Å²) in [6.07, 6.45) is 0.816. The van der Waals surface area contributed by atoms with Gasteiger partial charge in [0.15, 0.2) is 17.1 Å². The summed E-state index contributed by atoms with van der Waals surface area (Å²) in [5.74, 6) is 2.97. The number of para-hydroxylation sites is 1. The molecule has 1 N–H and O–H groups in total. The minimum absolute atomic E-state index is 0.604. The molecule has 0 saturated carbocycles. The molecule has 7 heteroatoms. The van der Waals surface area contributed by atoms with Gasteiger partial charge in [0.05, 0.1) is 18.7 Å². The average molecular weight is 391 g/mol. The van der Waals surface area contributed by atoms with Crippen molar-refractivity contribution in [3.8, 4) is 11.5 Å². The molecule has 4 rings (SSSR count). The normalized spacial score (nSPS) is 11.1. The summed E-state index contributed by atoms with van der Waals surface area (Å²) >= 11 is 0. The third-order valence-electron chi connectivity index (χ3n) is 4.59. The Bertz CT molecular complexity index is 1140. The highest BCUT2D eigenvalue weighted by Gasteiger charge is 2.12. The predicted molar refractivity (Wildman–Crippen MR) is 114 cm³/mol. The molecule has 0 aliphatic carbocycles. The van der Waals surface area contributed by atoms with E-state index in [1.807, 2.05) is 57.2 Å². The number of rotatable bonds is 8. The van der Waals surface area contributed by atoms with E-state index in [1.54, 1.807) is 4.52 Å². The number of hydrogen-bond donors (Lipinski definition) is 1. The van der Waals surface area contributed by atoms with Crippen molar-refractivity contribution in [1.29, 1.82) is 0 Å². The van der Waals surface area contributed by atoms with Gasteiger partial charge in [0.2, 0.25) is 5.95 Å². The SMILES string of the molecule is CCOc1ccc(CCNc2nc3ccccc3c3nc(C)nn23)cc1OCC. The summed E-state index contributed by atoms with van der Waals surface area (Å²) in [5.41, 5.74) is 2.88. The molecule has 4 aromatic rings. The fourth-order valence-corrected chi connectivity index (χ4v) is 3.34. The van der Waals surface area contributed by atoms with E-state index in [0.717, 1.165) is 45.9 Å². The molecular weight excluding hydrogens is 366 g/mol. The zero-order chi connectivity index (χ0) is 20.2. The molecule has 2 heterocycles. The van der Waals surface area contributed by atoms with E-state index < -0.39 is 0 Å². The largest absolute Gasteiger partial charge is 0.490 e. The summed E-state index contributed by atoms with van der Waals surface area (Å²) in [7, 11) is 0. The highest BCUT2D eigenvalue weighted by molar-refractivity contribution is 5.92. The maximum atomic E-state index is 5.72. The first-order valence-electron chi connectivity index (χ1n) is 9.94. The molecule has 0 aliphatic heterocycles. The molecule has 0 aliphatic rings. The summed E-state index contributed by atoms with van der Waals surface area (Å²) in [6, 6.07) is 14.1. The van der Waals surface area contributed by atoms with Gasteiger partial charge in [0.25, 0.3) is 0 Å². The quantitative estimate of drug-likeness (QED) is 0.489. The van der Waals surface area contributed by atoms with Gasteiger partial charge in [-0.2, -0.15) is 4.52 Å². The zero-order valence-electron chi connectivity index (χ0n) is 17.0. The van der Waals surface area contributed by atoms with Crippen molar-refractivity contribution in [1.82, 2.24) is 19.6 Å². The molecule has 0 fully saturated rings. The van der Waals surface area contributed by atoms with Crippen molar-refractivity contribution in [3.63, 3.8) is 0 Å². The van der Waals surface area contributed by atoms with Crippen LogP contribution in [-0.2, 0) is 6.42 Å². The molecule has 0 amide bonds. The fraction of sp³-hybridized carbons (Fsp3) is 0.318. The van der Waals surface area contributed by atoms with Crippen molar-refractivity contribution in [2.24, 2.45) is 0 Å². The number of benzene rings is 2. The predicted octanol–water partition coefficient (Wildman–Crippen LogP) is 4.04. The van der Waals surface area contributed by atoms with E-state index >= 15 is 0 Å². The van der Waals surface area contributed by atoms with E-state index in [2.05, 4.69) is 21.5 Å². The average Bonchev–Trinajstić information content (AvgIpc) is 3.12. The van der Waals surface area contributed by atoms with Crippen molar-refractivity contribution in [3.05, 3.63) is 53.9 Å². The van der Waals surface area contributed by atoms with Gasteiger partial charge in [-0.15, -0.1) is 5.10 Å². The van der Waals surface area contributed by atoms with Crippen LogP contribution in [0.1, 0.15) is 25.2 Å². The van der Waals surface area contributed by atoms with Crippen molar-refractivity contribution in [2.75, 3.05) is 25.1 Å². The zero-order valence-corrected chi connectivity index (χ0v) is 17.0. The van der Waals surface area contributed by atoms with E-state index in [1.165, 1.54) is 0 Å². The van der Waals surface area contributed by atoms with Crippen molar-refractivity contribution in [2.45, 2.75) is 27.2 Å². The van der Waals surface area contributed by atoms with Gasteiger partial charge >= 0.3 is 0 Å². The van der Waals surface area contributed by atoms with Gasteiger partial charge in [0, 0.05) is 11.9 Å². The number of ether oxygens (including phenoxy) is 2. The van der Waals surface area contributed by atoms with Gasteiger partial charge in [-0.1, -0.05) is 18.2 Å². The van der Waals surface area contributed by atoms with Gasteiger partial charge in [-0.05, 0) is 57.0 Å². The minimum atomic E-state index is 0.604. The monoisotopic (exact) mass is 391 g/mol. The third-order valence-corrected chi connectivity index (χ3v) is 4.59. The molecule has 150 valence electrons. The lowest BCUT2D eigenvalue weighted by molar-refractivity contribution is 0.287. The van der Waals surface area contributed by atoms with Crippen LogP contribution in [0.5, 0.6) is 11.5 Å². The molecular formula is C22H25N5O2. The Morgan fingerprint density at radius 1 is 0.966 bits per heavy atom. The van der Waals surface area contributed by atoms with Gasteiger partial charge in [0.1, 0.15) is 5.82 Å². The number of nitrogens with zero attached hydrogens (tertiary/aromatic N) is 4. The number of aromatic nitrogens is 4. The number of aryl methyl sites for hydroxylation is 1. The van der Waals surface area contributed by atoms with Crippen LogP contribution in [0.3, 0.4) is 0 Å². The Morgan fingerprint density at radius 3 is 2.59 bits per heavy atom. The first-order valence-corrected chi connectivity index (χ1v) is 9.94. The lowest BCUT2D eigenvalue weighted by Crippen LogP contribution is -2.11. The summed E-state index contributed by atoms with van der Waals surface area (Å²) in [5, 5.41) is 8.91. The second-order valence-electron chi connectivity index (χ2n) is 6.67. The Kier molecular flexibility index (Phi) is 5.46. The van der Waals surface area contributed by atoms with Crippen LogP contribution >= 0.6 is 0 Å². The smallest absolute Gasteiger partial charge is 0.226 e. The first-order chi connectivity index (χ1) is 14.2. The second-order valence-corrected chi connectivity index (χ2v) is 6.67. The molecule has 0 saturated heterocycles. The number of anilines is 1. The lowest BCUT2D eigenvalue weighted by Gasteiger charge is -2.13. The Morgan fingerprint density at radius 2 is 1.76 bits per heavy atom. The topological polar surface area (TPSA) is 73.6 Å². The maximum Gasteiger partial charge on any atom is 0.226 e. The van der Waals surface area contributed by atoms with E-state index in [0.29, 0.717) is 25.7 Å². The standard InChI is InChI=1S/C22H25N5O2/c1-4-28-19-11-10-16(14-20(19)29-5-2)12-13-23-22-25-18-9-7-6-8-17(18)21-24-15(3)26-27(21)22/h6-11,14H,4-5,12-13H2,1-3H3,(H,23,25). The highest BCUT2D eigenvalue weighted by Crippen LogP contribution is 2.29. The molecule has 0 atom stereocenters. The van der Waals surface area contributed by atoms with Crippen LogP contribution in [0.4, 0.5) is 5.95 Å². The van der Waals surface area contributed by atoms with Gasteiger partial charge in [-0.3, -0.25) is 0 Å². The molecule has 0 unspecified atom stereocenters. The van der Waals surface area contributed by atoms with E-state index in [9.17, 15) is 0 Å². The van der Waals surface area contributed by atoms with Gasteiger partial charge in [-0.25, -0.2) is 9.97 Å². The molecule has 2 aromatic carbocycles. The highest BCUT2D eigenvalue weighted by atomic mass is 16.5. The summed E-state index contributed by atoms with van der Waals surface area (Å²) in [4.78, 5) is 9.31. The number of nitrogens with one attached hydrogen (secondary N) is 1. The minimum Gasteiger partial charge on any atom is -0.490 e. The molecule has 0 bridgehead atoms. The first kappa shape index (κ1) is 19.0. The second kappa shape index (κ2) is 8.34. The van der Waals surface area contributed by atoms with Crippen molar-refractivity contribution < 1.29 is 9.47 Å². The van der Waals surface area contributed by atoms with Crippen LogP contribution < -0.4 is 14.8 Å². The van der Waals surface area contributed by atoms with Crippen LogP contribution in [-0.4, -0.2) is 39.3 Å². The fourth-order valence-electron chi connectivity index (χ4n) is 3.34. The number of fused-ring (bicyclic) bond motifs is 3. The lowest BCUT2D eigenvalue weighted by atomic mass is 10.1. The van der Waals surface area contributed by atoms with Crippen molar-refractivity contribution >= 4 is 22.5 Å². The Balaban J connectivity index is 1.55. The molecule has 0 spiro atoms. The third kappa shape index (κ3) is 3.94. The molecule has 29 heavy (non-hydrogen) atoms. The molecule has 7 nitrogen and oxygen atoms in total. The summed E-state index contributed by atoms with van der Waals surface area (Å²) < 4.78 is 13.1. The maximum absolute atomic E-state index is 5.72. The summed E-state index contributed by atoms with van der Waals surface area (Å²) in [6.45, 7) is 7.76. The van der Waals surface area contributed by atoms with E-state index in [4.69, 9.17) is 14.5 Å². The van der Waals surface area contributed by atoms with Gasteiger partial charge < -0.3 is 14.8 Å². The van der Waals surface area contributed by atoms with E-state index in [-0.39, 0.29) is 0 Å². The van der Waals surface area contributed by atoms with Crippen LogP contribution in [0.25, 0.3) is 16.6 Å². The number of hydrogen-bond acceptors (Lipinski definition) is 6. The molecule has 2 aromatic heterocycles. The van der Waals surface area contributed by atoms with Crippen LogP contribution in [0.2, 0.25) is 0 Å². The van der Waals surface area contributed by atoms with Crippen LogP contribution in [0.15, 0.2) is 42.5 Å². The Labute approximate surface area is 169 Å². The van der Waals surface area contributed by atoms with Crippen LogP contribution in [0, 0.1) is 6.92 Å².